The van der Waals surface area contributed by atoms with Gasteiger partial charge in [-0.05, 0) is 37.9 Å². The highest BCUT2D eigenvalue weighted by Crippen LogP contribution is 2.26. The SMILES string of the molecule is CNC(c1ccc(SC)cc1)c1nc(C)cs1. The lowest BCUT2D eigenvalue weighted by Crippen LogP contribution is -2.17. The number of nitrogens with zero attached hydrogens (tertiary/aromatic N) is 1. The van der Waals surface area contributed by atoms with E-state index in [0.29, 0.717) is 0 Å². The van der Waals surface area contributed by atoms with Gasteiger partial charge in [-0.2, -0.15) is 0 Å². The molecule has 0 saturated heterocycles. The topological polar surface area (TPSA) is 24.9 Å². The molecule has 0 radical (unpaired) electrons. The third-order valence-electron chi connectivity index (χ3n) is 2.62. The Bertz CT molecular complexity index is 476. The lowest BCUT2D eigenvalue weighted by Gasteiger charge is -2.14. The number of hydrogen-bond acceptors (Lipinski definition) is 4. The third kappa shape index (κ3) is 2.89. The molecule has 0 aliphatic carbocycles. The summed E-state index contributed by atoms with van der Waals surface area (Å²) < 4.78 is 0. The van der Waals surface area contributed by atoms with Gasteiger partial charge in [0.25, 0.3) is 0 Å². The maximum Gasteiger partial charge on any atom is 0.114 e. The normalized spacial score (nSPS) is 12.6. The van der Waals surface area contributed by atoms with Gasteiger partial charge in [0.2, 0.25) is 0 Å². The molecule has 0 aliphatic rings. The van der Waals surface area contributed by atoms with Crippen molar-refractivity contribution in [2.45, 2.75) is 17.9 Å². The molecule has 0 spiro atoms. The Morgan fingerprint density at radius 1 is 1.29 bits per heavy atom. The van der Waals surface area contributed by atoms with Gasteiger partial charge in [-0.25, -0.2) is 4.98 Å². The van der Waals surface area contributed by atoms with Crippen molar-refractivity contribution >= 4 is 23.1 Å². The van der Waals surface area contributed by atoms with Crippen molar-refractivity contribution in [3.63, 3.8) is 0 Å². The fourth-order valence-corrected chi connectivity index (χ4v) is 3.07. The second-order valence-corrected chi connectivity index (χ2v) is 5.59. The molecular formula is C13H16N2S2. The van der Waals surface area contributed by atoms with Crippen molar-refractivity contribution in [3.8, 4) is 0 Å². The summed E-state index contributed by atoms with van der Waals surface area (Å²) in [6, 6.07) is 8.85. The molecular weight excluding hydrogens is 248 g/mol. The molecule has 1 aromatic heterocycles. The minimum atomic E-state index is 0.199. The van der Waals surface area contributed by atoms with E-state index in [9.17, 15) is 0 Å². The van der Waals surface area contributed by atoms with Crippen LogP contribution in [0, 0.1) is 6.92 Å². The van der Waals surface area contributed by atoms with E-state index in [4.69, 9.17) is 0 Å². The first-order valence-electron chi connectivity index (χ1n) is 5.48. The molecule has 0 bridgehead atoms. The molecule has 4 heteroatoms. The van der Waals surface area contributed by atoms with E-state index in [1.54, 1.807) is 23.1 Å². The summed E-state index contributed by atoms with van der Waals surface area (Å²) in [5, 5.41) is 6.55. The fraction of sp³-hybridized carbons (Fsp3) is 0.308. The molecule has 0 saturated carbocycles. The van der Waals surface area contributed by atoms with Crippen LogP contribution < -0.4 is 5.32 Å². The summed E-state index contributed by atoms with van der Waals surface area (Å²) in [6.07, 6.45) is 2.09. The highest BCUT2D eigenvalue weighted by atomic mass is 32.2. The number of thioether (sulfide) groups is 1. The van der Waals surface area contributed by atoms with Gasteiger partial charge in [0.1, 0.15) is 5.01 Å². The largest absolute Gasteiger partial charge is 0.307 e. The molecule has 1 atom stereocenters. The second kappa shape index (κ2) is 5.67. The van der Waals surface area contributed by atoms with E-state index >= 15 is 0 Å². The van der Waals surface area contributed by atoms with E-state index in [-0.39, 0.29) is 6.04 Å². The van der Waals surface area contributed by atoms with Gasteiger partial charge in [0, 0.05) is 16.0 Å². The molecule has 1 unspecified atom stereocenters. The minimum Gasteiger partial charge on any atom is -0.307 e. The van der Waals surface area contributed by atoms with Crippen LogP contribution in [0.1, 0.15) is 22.3 Å². The Labute approximate surface area is 110 Å². The van der Waals surface area contributed by atoms with Crippen LogP contribution in [0.3, 0.4) is 0 Å². The van der Waals surface area contributed by atoms with Crippen LogP contribution in [0.5, 0.6) is 0 Å². The zero-order valence-electron chi connectivity index (χ0n) is 10.2. The van der Waals surface area contributed by atoms with Gasteiger partial charge in [0.05, 0.1) is 6.04 Å². The van der Waals surface area contributed by atoms with E-state index in [1.165, 1.54) is 10.5 Å². The number of hydrogen-bond donors (Lipinski definition) is 1. The zero-order chi connectivity index (χ0) is 12.3. The molecule has 17 heavy (non-hydrogen) atoms. The molecule has 0 aliphatic heterocycles. The molecule has 1 aromatic carbocycles. The summed E-state index contributed by atoms with van der Waals surface area (Å²) in [5.74, 6) is 0. The average molecular weight is 264 g/mol. The number of thiazole rings is 1. The maximum atomic E-state index is 4.55. The van der Waals surface area contributed by atoms with Crippen molar-refractivity contribution in [1.29, 1.82) is 0 Å². The highest BCUT2D eigenvalue weighted by molar-refractivity contribution is 7.98. The molecule has 2 rings (SSSR count). The number of nitrogens with one attached hydrogen (secondary N) is 1. The summed E-state index contributed by atoms with van der Waals surface area (Å²) >= 11 is 3.47. The number of aromatic nitrogens is 1. The van der Waals surface area contributed by atoms with Gasteiger partial charge in [-0.15, -0.1) is 23.1 Å². The first kappa shape index (κ1) is 12.6. The Balaban J connectivity index is 2.28. The van der Waals surface area contributed by atoms with Crippen LogP contribution >= 0.6 is 23.1 Å². The van der Waals surface area contributed by atoms with Crippen molar-refractivity contribution in [2.24, 2.45) is 0 Å². The number of aryl methyl sites for hydroxylation is 1. The van der Waals surface area contributed by atoms with Crippen LogP contribution in [-0.2, 0) is 0 Å². The van der Waals surface area contributed by atoms with Gasteiger partial charge in [-0.3, -0.25) is 0 Å². The predicted octanol–water partition coefficient (Wildman–Crippen LogP) is 3.48. The van der Waals surface area contributed by atoms with Gasteiger partial charge in [-0.1, -0.05) is 12.1 Å². The molecule has 2 aromatic rings. The van der Waals surface area contributed by atoms with Gasteiger partial charge in [0.15, 0.2) is 0 Å². The lowest BCUT2D eigenvalue weighted by atomic mass is 10.1. The van der Waals surface area contributed by atoms with Crippen LogP contribution in [0.2, 0.25) is 0 Å². The van der Waals surface area contributed by atoms with Crippen molar-refractivity contribution in [3.05, 3.63) is 45.9 Å². The lowest BCUT2D eigenvalue weighted by molar-refractivity contribution is 0.684. The molecule has 2 nitrogen and oxygen atoms in total. The summed E-state index contributed by atoms with van der Waals surface area (Å²) in [6.45, 7) is 2.03. The summed E-state index contributed by atoms with van der Waals surface area (Å²) in [4.78, 5) is 5.84. The molecule has 90 valence electrons. The van der Waals surface area contributed by atoms with Gasteiger partial charge >= 0.3 is 0 Å². The predicted molar refractivity (Wildman–Crippen MR) is 76.0 cm³/mol. The highest BCUT2D eigenvalue weighted by Gasteiger charge is 2.14. The second-order valence-electron chi connectivity index (χ2n) is 3.82. The van der Waals surface area contributed by atoms with Crippen molar-refractivity contribution in [1.82, 2.24) is 10.3 Å². The summed E-state index contributed by atoms with van der Waals surface area (Å²) in [5.41, 5.74) is 2.35. The van der Waals surface area contributed by atoms with Crippen LogP contribution in [0.25, 0.3) is 0 Å². The number of benzene rings is 1. The quantitative estimate of drug-likeness (QED) is 0.856. The number of rotatable bonds is 4. The Hall–Kier alpha value is -0.840. The molecule has 1 heterocycles. The van der Waals surface area contributed by atoms with E-state index < -0.39 is 0 Å². The van der Waals surface area contributed by atoms with E-state index in [1.807, 2.05) is 14.0 Å². The Morgan fingerprint density at radius 3 is 2.47 bits per heavy atom. The fourth-order valence-electron chi connectivity index (χ4n) is 1.73. The average Bonchev–Trinajstić information content (AvgIpc) is 2.78. The van der Waals surface area contributed by atoms with Crippen molar-refractivity contribution < 1.29 is 0 Å². The van der Waals surface area contributed by atoms with Gasteiger partial charge < -0.3 is 5.32 Å². The van der Waals surface area contributed by atoms with E-state index in [2.05, 4.69) is 46.2 Å². The third-order valence-corrected chi connectivity index (χ3v) is 4.39. The monoisotopic (exact) mass is 264 g/mol. The smallest absolute Gasteiger partial charge is 0.114 e. The summed E-state index contributed by atoms with van der Waals surface area (Å²) in [7, 11) is 1.98. The maximum absolute atomic E-state index is 4.55. The molecule has 0 amide bonds. The minimum absolute atomic E-state index is 0.199. The van der Waals surface area contributed by atoms with Crippen LogP contribution in [-0.4, -0.2) is 18.3 Å². The molecule has 0 fully saturated rings. The van der Waals surface area contributed by atoms with Crippen LogP contribution in [0.15, 0.2) is 34.5 Å². The van der Waals surface area contributed by atoms with E-state index in [0.717, 1.165) is 10.7 Å². The first-order chi connectivity index (χ1) is 8.24. The Morgan fingerprint density at radius 2 is 2.00 bits per heavy atom. The zero-order valence-corrected chi connectivity index (χ0v) is 11.9. The van der Waals surface area contributed by atoms with Crippen LogP contribution in [0.4, 0.5) is 0 Å². The molecule has 1 N–H and O–H groups in total. The Kier molecular flexibility index (Phi) is 4.20. The first-order valence-corrected chi connectivity index (χ1v) is 7.58. The standard InChI is InChI=1S/C13H16N2S2/c1-9-8-17-13(15-9)12(14-2)10-4-6-11(16-3)7-5-10/h4-8,12,14H,1-3H3. The van der Waals surface area contributed by atoms with Crippen molar-refractivity contribution in [2.75, 3.05) is 13.3 Å².